The number of hydrogen-bond donors (Lipinski definition) is 0. The van der Waals surface area contributed by atoms with Gasteiger partial charge < -0.3 is 4.55 Å². The number of benzene rings is 4. The van der Waals surface area contributed by atoms with Crippen LogP contribution in [0.25, 0.3) is 0 Å². The summed E-state index contributed by atoms with van der Waals surface area (Å²) in [4.78, 5) is 2.46. The first-order valence-electron chi connectivity index (χ1n) is 9.89. The number of alkyl halides is 3. The van der Waals surface area contributed by atoms with E-state index < -0.39 is 26.8 Å². The van der Waals surface area contributed by atoms with Crippen LogP contribution in [0.1, 0.15) is 5.56 Å². The van der Waals surface area contributed by atoms with E-state index >= 15 is 0 Å². The highest BCUT2D eigenvalue weighted by molar-refractivity contribution is 7.97. The fourth-order valence-electron chi connectivity index (χ4n) is 2.92. The van der Waals surface area contributed by atoms with Gasteiger partial charge in [-0.05, 0) is 84.9 Å². The van der Waals surface area contributed by atoms with Crippen LogP contribution in [0.3, 0.4) is 0 Å². The zero-order chi connectivity index (χ0) is 25.6. The molecule has 35 heavy (non-hydrogen) atoms. The zero-order valence-electron chi connectivity index (χ0n) is 17.7. The third kappa shape index (κ3) is 7.38. The number of halogens is 5. The summed E-state index contributed by atoms with van der Waals surface area (Å²) in [5.74, 6) is -0.510. The monoisotopic (exact) mass is 524 g/mol. The molecular weight excluding hydrogens is 507 g/mol. The van der Waals surface area contributed by atoms with Crippen LogP contribution >= 0.6 is 0 Å². The Morgan fingerprint density at radius 2 is 1.00 bits per heavy atom. The zero-order valence-corrected chi connectivity index (χ0v) is 19.4. The van der Waals surface area contributed by atoms with Gasteiger partial charge in [-0.2, -0.15) is 13.2 Å². The maximum Gasteiger partial charge on any atom is 0.416 e. The lowest BCUT2D eigenvalue weighted by molar-refractivity contribution is -0.137. The van der Waals surface area contributed by atoms with Crippen LogP contribution in [-0.4, -0.2) is 13.0 Å². The highest BCUT2D eigenvalue weighted by Crippen LogP contribution is 2.31. The molecule has 0 atom stereocenters. The first kappa shape index (κ1) is 26.4. The molecule has 4 aromatic rings. The van der Waals surface area contributed by atoms with Gasteiger partial charge >= 0.3 is 6.18 Å². The molecule has 0 amide bonds. The Morgan fingerprint density at radius 1 is 0.600 bits per heavy atom. The quantitative estimate of drug-likeness (QED) is 0.170. The molecule has 0 saturated heterocycles. The van der Waals surface area contributed by atoms with Crippen molar-refractivity contribution in [2.24, 2.45) is 0 Å². The predicted molar refractivity (Wildman–Crippen MR) is 121 cm³/mol. The molecule has 0 fully saturated rings. The minimum absolute atomic E-state index is 0.255. The van der Waals surface area contributed by atoms with Crippen LogP contribution in [-0.2, 0) is 27.2 Å². The Bertz CT molecular complexity index is 1290. The molecule has 0 bridgehead atoms. The standard InChI is InChI=1S/C18H13F2S.C7H5F3O3S/c19-14-6-10-17(11-7-14)21(16-4-2-1-3-5-16)18-12-8-15(20)9-13-18;8-7(9,10)5-1-3-6(4-2-5)14(11,12)13/h1-13H;1-4H,(H,11,12,13)/q+1;/p-1. The molecule has 0 aromatic heterocycles. The number of hydrogen-bond acceptors (Lipinski definition) is 3. The second-order valence-electron chi connectivity index (χ2n) is 7.00. The smallest absolute Gasteiger partial charge is 0.416 e. The van der Waals surface area contributed by atoms with Gasteiger partial charge in [0.1, 0.15) is 21.8 Å². The summed E-state index contributed by atoms with van der Waals surface area (Å²) < 4.78 is 93.4. The molecular formula is C25H17F5O3S2. The summed E-state index contributed by atoms with van der Waals surface area (Å²) in [6.45, 7) is 0. The largest absolute Gasteiger partial charge is 0.744 e. The molecule has 0 aliphatic carbocycles. The Hall–Kier alpha value is -3.21. The molecule has 0 heterocycles. The lowest BCUT2D eigenvalue weighted by atomic mass is 10.2. The van der Waals surface area contributed by atoms with Gasteiger partial charge in [0.2, 0.25) is 0 Å². The van der Waals surface area contributed by atoms with Crippen molar-refractivity contribution < 1.29 is 34.9 Å². The molecule has 0 aliphatic heterocycles. The predicted octanol–water partition coefficient (Wildman–Crippen LogP) is 6.67. The third-order valence-electron chi connectivity index (χ3n) is 4.55. The highest BCUT2D eigenvalue weighted by atomic mass is 32.2. The lowest BCUT2D eigenvalue weighted by Crippen LogP contribution is -2.05. The molecule has 0 N–H and O–H groups in total. The molecule has 4 aromatic carbocycles. The van der Waals surface area contributed by atoms with Crippen LogP contribution in [0.2, 0.25) is 0 Å². The van der Waals surface area contributed by atoms with Gasteiger partial charge in [0.15, 0.2) is 14.7 Å². The van der Waals surface area contributed by atoms with Gasteiger partial charge in [0.25, 0.3) is 0 Å². The summed E-state index contributed by atoms with van der Waals surface area (Å²) in [5, 5.41) is 0. The van der Waals surface area contributed by atoms with Crippen molar-refractivity contribution in [1.29, 1.82) is 0 Å². The summed E-state index contributed by atoms with van der Waals surface area (Å²) >= 11 is 0. The maximum atomic E-state index is 13.2. The van der Waals surface area contributed by atoms with Crippen LogP contribution in [0.15, 0.2) is 123 Å². The van der Waals surface area contributed by atoms with E-state index in [1.54, 1.807) is 24.3 Å². The van der Waals surface area contributed by atoms with E-state index in [9.17, 15) is 34.9 Å². The Labute approximate surface area is 202 Å². The summed E-state index contributed by atoms with van der Waals surface area (Å²) in [6.07, 6.45) is -4.54. The average molecular weight is 525 g/mol. The third-order valence-corrected chi connectivity index (χ3v) is 7.63. The first-order chi connectivity index (χ1) is 16.4. The molecule has 0 radical (unpaired) electrons. The molecule has 182 valence electrons. The number of rotatable bonds is 4. The van der Waals surface area contributed by atoms with Gasteiger partial charge in [0.05, 0.1) is 21.4 Å². The van der Waals surface area contributed by atoms with Crippen molar-refractivity contribution in [2.75, 3.05) is 0 Å². The van der Waals surface area contributed by atoms with Crippen molar-refractivity contribution >= 4 is 21.0 Å². The molecule has 0 unspecified atom stereocenters. The Kier molecular flexibility index (Phi) is 8.31. The highest BCUT2D eigenvalue weighted by Gasteiger charge is 2.30. The van der Waals surface area contributed by atoms with Crippen LogP contribution in [0.5, 0.6) is 0 Å². The van der Waals surface area contributed by atoms with Crippen LogP contribution < -0.4 is 0 Å². The SMILES string of the molecule is Fc1ccc([S+](c2ccccc2)c2ccc(F)cc2)cc1.O=S(=O)([O-])c1ccc(C(F)(F)F)cc1. The van der Waals surface area contributed by atoms with Crippen LogP contribution in [0.4, 0.5) is 22.0 Å². The van der Waals surface area contributed by atoms with Gasteiger partial charge in [-0.1, -0.05) is 18.2 Å². The Balaban J connectivity index is 0.000000214. The molecule has 4 rings (SSSR count). The topological polar surface area (TPSA) is 57.2 Å². The molecule has 3 nitrogen and oxygen atoms in total. The fraction of sp³-hybridized carbons (Fsp3) is 0.0400. The fourth-order valence-corrected chi connectivity index (χ4v) is 5.45. The summed E-state index contributed by atoms with van der Waals surface area (Å²) in [6, 6.07) is 25.3. The first-order valence-corrected chi connectivity index (χ1v) is 12.5. The maximum absolute atomic E-state index is 13.2. The van der Waals surface area contributed by atoms with Crippen molar-refractivity contribution in [3.05, 3.63) is 120 Å². The van der Waals surface area contributed by atoms with E-state index in [4.69, 9.17) is 0 Å². The molecule has 10 heteroatoms. The van der Waals surface area contributed by atoms with E-state index in [1.807, 2.05) is 30.3 Å². The van der Waals surface area contributed by atoms with Gasteiger partial charge in [-0.3, -0.25) is 0 Å². The normalized spacial score (nSPS) is 11.6. The molecule has 0 spiro atoms. The second kappa shape index (κ2) is 11.0. The molecule has 0 aliphatic rings. The van der Waals surface area contributed by atoms with Crippen molar-refractivity contribution in [1.82, 2.24) is 0 Å². The van der Waals surface area contributed by atoms with E-state index in [-0.39, 0.29) is 22.5 Å². The van der Waals surface area contributed by atoms with Gasteiger partial charge in [0, 0.05) is 0 Å². The minimum Gasteiger partial charge on any atom is -0.744 e. The van der Waals surface area contributed by atoms with E-state index in [1.165, 1.54) is 24.3 Å². The van der Waals surface area contributed by atoms with Crippen molar-refractivity contribution in [3.8, 4) is 0 Å². The van der Waals surface area contributed by atoms with E-state index in [2.05, 4.69) is 0 Å². The van der Waals surface area contributed by atoms with Crippen molar-refractivity contribution in [2.45, 2.75) is 25.8 Å². The second-order valence-corrected chi connectivity index (χ2v) is 10.4. The van der Waals surface area contributed by atoms with Gasteiger partial charge in [-0.25, -0.2) is 17.2 Å². The molecule has 0 saturated carbocycles. The minimum atomic E-state index is -4.68. The van der Waals surface area contributed by atoms with Gasteiger partial charge in [-0.15, -0.1) is 0 Å². The summed E-state index contributed by atoms with van der Waals surface area (Å²) in [7, 11) is -5.05. The average Bonchev–Trinajstić information content (AvgIpc) is 2.82. The Morgan fingerprint density at radius 3 is 1.37 bits per heavy atom. The lowest BCUT2D eigenvalue weighted by Gasteiger charge is -2.09. The van der Waals surface area contributed by atoms with Crippen LogP contribution in [0, 0.1) is 11.6 Å². The van der Waals surface area contributed by atoms with Crippen molar-refractivity contribution in [3.63, 3.8) is 0 Å². The van der Waals surface area contributed by atoms with E-state index in [0.29, 0.717) is 24.3 Å². The van der Waals surface area contributed by atoms with E-state index in [0.717, 1.165) is 14.7 Å². The summed E-state index contributed by atoms with van der Waals surface area (Å²) in [5.41, 5.74) is -0.995.